The maximum absolute atomic E-state index is 11.7. The highest BCUT2D eigenvalue weighted by Crippen LogP contribution is 2.18. The van der Waals surface area contributed by atoms with E-state index in [-0.39, 0.29) is 6.61 Å². The molecule has 2 amide bonds. The third-order valence-electron chi connectivity index (χ3n) is 3.52. The number of carbonyl (C=O) groups excluding carboxylic acids is 2. The van der Waals surface area contributed by atoms with Gasteiger partial charge in [0, 0.05) is 6.08 Å². The van der Waals surface area contributed by atoms with Crippen molar-refractivity contribution in [1.82, 2.24) is 10.9 Å². The van der Waals surface area contributed by atoms with Gasteiger partial charge >= 0.3 is 0 Å². The van der Waals surface area contributed by atoms with Gasteiger partial charge in [-0.1, -0.05) is 47.5 Å². The third-order valence-corrected chi connectivity index (χ3v) is 3.52. The van der Waals surface area contributed by atoms with Crippen LogP contribution in [0.2, 0.25) is 0 Å². The van der Waals surface area contributed by atoms with Gasteiger partial charge in [-0.15, -0.1) is 0 Å². The Morgan fingerprint density at radius 1 is 0.960 bits per heavy atom. The lowest BCUT2D eigenvalue weighted by atomic mass is 10.1. The van der Waals surface area contributed by atoms with Crippen LogP contribution in [0, 0.1) is 20.8 Å². The predicted octanol–water partition coefficient (Wildman–Crippen LogP) is 2.85. The molecular weight excluding hydrogens is 316 g/mol. The normalized spacial score (nSPS) is 10.5. The standard InChI is InChI=1S/C20H22N2O3/c1-14-4-7-17(8-5-14)9-11-19(23)21-22-20(24)13-25-18-10-6-15(2)12-16(18)3/h4-12H,13H2,1-3H3,(H,21,23)(H,22,24)/b11-9+. The minimum absolute atomic E-state index is 0.175. The summed E-state index contributed by atoms with van der Waals surface area (Å²) in [7, 11) is 0. The molecular formula is C20H22N2O3. The third kappa shape index (κ3) is 6.14. The largest absolute Gasteiger partial charge is 0.483 e. The average molecular weight is 338 g/mol. The molecule has 25 heavy (non-hydrogen) atoms. The molecule has 2 aromatic rings. The van der Waals surface area contributed by atoms with Gasteiger partial charge in [0.05, 0.1) is 0 Å². The Hall–Kier alpha value is -3.08. The van der Waals surface area contributed by atoms with Crippen molar-refractivity contribution in [2.75, 3.05) is 6.61 Å². The zero-order chi connectivity index (χ0) is 18.2. The summed E-state index contributed by atoms with van der Waals surface area (Å²) in [5.74, 6) is -0.205. The summed E-state index contributed by atoms with van der Waals surface area (Å²) in [5, 5.41) is 0. The van der Waals surface area contributed by atoms with Crippen LogP contribution in [0.1, 0.15) is 22.3 Å². The Bertz CT molecular complexity index is 780. The molecule has 0 atom stereocenters. The van der Waals surface area contributed by atoms with E-state index in [9.17, 15) is 9.59 Å². The van der Waals surface area contributed by atoms with E-state index in [2.05, 4.69) is 10.9 Å². The number of carbonyl (C=O) groups is 2. The number of amides is 2. The van der Waals surface area contributed by atoms with E-state index in [0.29, 0.717) is 5.75 Å². The van der Waals surface area contributed by atoms with E-state index < -0.39 is 11.8 Å². The highest BCUT2D eigenvalue weighted by molar-refractivity contribution is 5.93. The molecule has 0 fully saturated rings. The van der Waals surface area contributed by atoms with Crippen molar-refractivity contribution in [1.29, 1.82) is 0 Å². The van der Waals surface area contributed by atoms with Gasteiger partial charge in [0.15, 0.2) is 6.61 Å². The second-order valence-electron chi connectivity index (χ2n) is 5.84. The molecule has 0 aliphatic carbocycles. The first-order chi connectivity index (χ1) is 11.9. The summed E-state index contributed by atoms with van der Waals surface area (Å²) in [4.78, 5) is 23.4. The Balaban J connectivity index is 1.75. The molecule has 5 heteroatoms. The van der Waals surface area contributed by atoms with Gasteiger partial charge in [0.25, 0.3) is 11.8 Å². The van der Waals surface area contributed by atoms with E-state index in [1.54, 1.807) is 6.08 Å². The van der Waals surface area contributed by atoms with Crippen molar-refractivity contribution < 1.29 is 14.3 Å². The molecule has 0 spiro atoms. The molecule has 0 saturated heterocycles. The summed E-state index contributed by atoms with van der Waals surface area (Å²) in [5.41, 5.74) is 8.77. The average Bonchev–Trinajstić information content (AvgIpc) is 2.58. The molecule has 0 saturated carbocycles. The highest BCUT2D eigenvalue weighted by atomic mass is 16.5. The summed E-state index contributed by atoms with van der Waals surface area (Å²) < 4.78 is 5.44. The van der Waals surface area contributed by atoms with Crippen LogP contribution in [0.4, 0.5) is 0 Å². The van der Waals surface area contributed by atoms with Crippen LogP contribution in [0.25, 0.3) is 6.08 Å². The quantitative estimate of drug-likeness (QED) is 0.651. The number of nitrogens with one attached hydrogen (secondary N) is 2. The van der Waals surface area contributed by atoms with Gasteiger partial charge in [0.1, 0.15) is 5.75 Å². The van der Waals surface area contributed by atoms with E-state index in [0.717, 1.165) is 22.3 Å². The van der Waals surface area contributed by atoms with Gasteiger partial charge in [-0.05, 0) is 44.0 Å². The fourth-order valence-corrected chi connectivity index (χ4v) is 2.16. The molecule has 0 radical (unpaired) electrons. The van der Waals surface area contributed by atoms with Crippen molar-refractivity contribution in [3.8, 4) is 5.75 Å². The number of hydrogen-bond donors (Lipinski definition) is 2. The maximum atomic E-state index is 11.7. The Kier molecular flexibility index (Phi) is 6.34. The molecule has 5 nitrogen and oxygen atoms in total. The molecule has 0 aliphatic rings. The van der Waals surface area contributed by atoms with E-state index in [4.69, 9.17) is 4.74 Å². The first kappa shape index (κ1) is 18.3. The topological polar surface area (TPSA) is 67.4 Å². The number of aryl methyl sites for hydroxylation is 3. The van der Waals surface area contributed by atoms with Gasteiger partial charge in [-0.2, -0.15) is 0 Å². The fourth-order valence-electron chi connectivity index (χ4n) is 2.16. The number of ether oxygens (including phenoxy) is 1. The summed E-state index contributed by atoms with van der Waals surface area (Å²) in [6.07, 6.45) is 3.03. The molecule has 0 heterocycles. The molecule has 0 unspecified atom stereocenters. The molecule has 130 valence electrons. The lowest BCUT2D eigenvalue weighted by molar-refractivity contribution is -0.128. The fraction of sp³-hybridized carbons (Fsp3) is 0.200. The molecule has 0 bridgehead atoms. The van der Waals surface area contributed by atoms with Crippen LogP contribution in [-0.4, -0.2) is 18.4 Å². The van der Waals surface area contributed by atoms with Crippen molar-refractivity contribution in [2.45, 2.75) is 20.8 Å². The number of hydrazine groups is 1. The summed E-state index contributed by atoms with van der Waals surface area (Å²) in [6, 6.07) is 13.5. The van der Waals surface area contributed by atoms with E-state index in [1.165, 1.54) is 6.08 Å². The summed E-state index contributed by atoms with van der Waals surface area (Å²) >= 11 is 0. The van der Waals surface area contributed by atoms with Crippen LogP contribution >= 0.6 is 0 Å². The van der Waals surface area contributed by atoms with E-state index in [1.807, 2.05) is 63.2 Å². The SMILES string of the molecule is Cc1ccc(/C=C/C(=O)NNC(=O)COc2ccc(C)cc2C)cc1. The second-order valence-corrected chi connectivity index (χ2v) is 5.84. The van der Waals surface area contributed by atoms with Crippen molar-refractivity contribution in [3.63, 3.8) is 0 Å². The monoisotopic (exact) mass is 338 g/mol. The lowest BCUT2D eigenvalue weighted by Crippen LogP contribution is -2.43. The molecule has 2 aromatic carbocycles. The van der Waals surface area contributed by atoms with E-state index >= 15 is 0 Å². The zero-order valence-electron chi connectivity index (χ0n) is 14.6. The van der Waals surface area contributed by atoms with Gasteiger partial charge in [-0.3, -0.25) is 20.4 Å². The Morgan fingerprint density at radius 2 is 1.64 bits per heavy atom. The summed E-state index contributed by atoms with van der Waals surface area (Å²) in [6.45, 7) is 5.72. The van der Waals surface area contributed by atoms with Crippen LogP contribution in [0.5, 0.6) is 5.75 Å². The minimum atomic E-state index is -0.433. The molecule has 2 N–H and O–H groups in total. The van der Waals surface area contributed by atoms with Gasteiger partial charge < -0.3 is 4.74 Å². The minimum Gasteiger partial charge on any atom is -0.483 e. The first-order valence-electron chi connectivity index (χ1n) is 7.97. The van der Waals surface area contributed by atoms with Crippen molar-refractivity contribution in [2.24, 2.45) is 0 Å². The van der Waals surface area contributed by atoms with Gasteiger partial charge in [0.2, 0.25) is 0 Å². The van der Waals surface area contributed by atoms with Crippen molar-refractivity contribution >= 4 is 17.9 Å². The van der Waals surface area contributed by atoms with Crippen LogP contribution < -0.4 is 15.6 Å². The van der Waals surface area contributed by atoms with Crippen LogP contribution in [0.3, 0.4) is 0 Å². The Labute approximate surface area is 147 Å². The number of hydrogen-bond acceptors (Lipinski definition) is 3. The number of rotatable bonds is 5. The van der Waals surface area contributed by atoms with Crippen molar-refractivity contribution in [3.05, 3.63) is 70.8 Å². The Morgan fingerprint density at radius 3 is 2.32 bits per heavy atom. The zero-order valence-corrected chi connectivity index (χ0v) is 14.6. The molecule has 2 rings (SSSR count). The van der Waals surface area contributed by atoms with Gasteiger partial charge in [-0.25, -0.2) is 0 Å². The predicted molar refractivity (Wildman–Crippen MR) is 97.9 cm³/mol. The smallest absolute Gasteiger partial charge is 0.276 e. The van der Waals surface area contributed by atoms with Crippen LogP contribution in [0.15, 0.2) is 48.5 Å². The van der Waals surface area contributed by atoms with Crippen LogP contribution in [-0.2, 0) is 9.59 Å². The lowest BCUT2D eigenvalue weighted by Gasteiger charge is -2.10. The number of benzene rings is 2. The highest BCUT2D eigenvalue weighted by Gasteiger charge is 2.05. The maximum Gasteiger partial charge on any atom is 0.276 e. The first-order valence-corrected chi connectivity index (χ1v) is 7.97. The second kappa shape index (κ2) is 8.68. The molecule has 0 aliphatic heterocycles. The molecule has 0 aromatic heterocycles.